The summed E-state index contributed by atoms with van der Waals surface area (Å²) < 4.78 is 4.26. The largest absolute Gasteiger partial charge is 0.375 e. The number of carbonyl (C=O) groups is 1. The molecule has 2 rings (SSSR count). The third-order valence-electron chi connectivity index (χ3n) is 3.49. The minimum absolute atomic E-state index is 0.101. The minimum atomic E-state index is 0.101. The van der Waals surface area contributed by atoms with E-state index in [1.165, 1.54) is 30.9 Å². The van der Waals surface area contributed by atoms with Gasteiger partial charge in [-0.1, -0.05) is 0 Å². The maximum atomic E-state index is 11.6. The van der Waals surface area contributed by atoms with Crippen molar-refractivity contribution in [3.05, 3.63) is 11.3 Å². The lowest BCUT2D eigenvalue weighted by molar-refractivity contribution is 0.101. The highest BCUT2D eigenvalue weighted by atomic mass is 32.1. The molecule has 4 nitrogen and oxygen atoms in total. The molecule has 5 heteroatoms. The molecule has 1 aromatic heterocycles. The van der Waals surface area contributed by atoms with Crippen LogP contribution in [0.3, 0.4) is 0 Å². The Kier molecular flexibility index (Phi) is 4.35. The number of aryl methyl sites for hydroxylation is 1. The summed E-state index contributed by atoms with van der Waals surface area (Å²) in [4.78, 5) is 13.9. The number of piperidine rings is 1. The molecule has 18 heavy (non-hydrogen) atoms. The van der Waals surface area contributed by atoms with Gasteiger partial charge in [-0.05, 0) is 57.7 Å². The van der Waals surface area contributed by atoms with E-state index in [1.54, 1.807) is 6.92 Å². The molecule has 0 bridgehead atoms. The molecule has 1 fully saturated rings. The quantitative estimate of drug-likeness (QED) is 0.851. The van der Waals surface area contributed by atoms with E-state index in [2.05, 4.69) is 21.6 Å². The van der Waals surface area contributed by atoms with Crippen molar-refractivity contribution in [1.82, 2.24) is 9.27 Å². The van der Waals surface area contributed by atoms with Crippen LogP contribution in [-0.2, 0) is 0 Å². The number of hydrogen-bond acceptors (Lipinski definition) is 5. The van der Waals surface area contributed by atoms with Crippen molar-refractivity contribution in [2.75, 3.05) is 32.0 Å². The average molecular weight is 267 g/mol. The monoisotopic (exact) mass is 267 g/mol. The van der Waals surface area contributed by atoms with Crippen LogP contribution in [-0.4, -0.2) is 41.7 Å². The molecule has 1 aliphatic heterocycles. The molecule has 0 aliphatic carbocycles. The first-order valence-electron chi connectivity index (χ1n) is 6.47. The van der Waals surface area contributed by atoms with Gasteiger partial charge in [0.2, 0.25) is 0 Å². The first-order valence-corrected chi connectivity index (χ1v) is 7.25. The first-order chi connectivity index (χ1) is 8.58. The fourth-order valence-corrected chi connectivity index (χ4v) is 3.43. The van der Waals surface area contributed by atoms with Gasteiger partial charge in [0.15, 0.2) is 5.78 Å². The van der Waals surface area contributed by atoms with Crippen LogP contribution < -0.4 is 5.32 Å². The van der Waals surface area contributed by atoms with Crippen LogP contribution in [0.15, 0.2) is 0 Å². The Morgan fingerprint density at radius 2 is 2.39 bits per heavy atom. The van der Waals surface area contributed by atoms with Crippen LogP contribution in [0.4, 0.5) is 5.00 Å². The summed E-state index contributed by atoms with van der Waals surface area (Å²) in [5.74, 6) is 0.774. The maximum absolute atomic E-state index is 11.6. The second kappa shape index (κ2) is 5.80. The molecular weight excluding hydrogens is 246 g/mol. The Labute approximate surface area is 113 Å². The van der Waals surface area contributed by atoms with E-state index in [9.17, 15) is 4.79 Å². The van der Waals surface area contributed by atoms with Gasteiger partial charge in [0.1, 0.15) is 5.00 Å². The SMILES string of the molecule is CC(=O)c1c(C)nsc1NCC1CCCN(C)C1. The molecule has 0 radical (unpaired) electrons. The normalized spacial score (nSPS) is 20.9. The summed E-state index contributed by atoms with van der Waals surface area (Å²) in [6.07, 6.45) is 2.54. The lowest BCUT2D eigenvalue weighted by Gasteiger charge is -2.29. The topological polar surface area (TPSA) is 45.2 Å². The van der Waals surface area contributed by atoms with E-state index < -0.39 is 0 Å². The van der Waals surface area contributed by atoms with E-state index in [0.29, 0.717) is 5.92 Å². The van der Waals surface area contributed by atoms with Crippen molar-refractivity contribution in [2.24, 2.45) is 5.92 Å². The number of rotatable bonds is 4. The Bertz CT molecular complexity index is 430. The smallest absolute Gasteiger partial charge is 0.164 e. The second-order valence-corrected chi connectivity index (χ2v) is 5.95. The fraction of sp³-hybridized carbons (Fsp3) is 0.692. The zero-order valence-electron chi connectivity index (χ0n) is 11.3. The van der Waals surface area contributed by atoms with Crippen LogP contribution in [0, 0.1) is 12.8 Å². The van der Waals surface area contributed by atoms with Crippen LogP contribution in [0.25, 0.3) is 0 Å². The number of hydrogen-bond donors (Lipinski definition) is 1. The zero-order chi connectivity index (χ0) is 13.1. The molecule has 1 saturated heterocycles. The van der Waals surface area contributed by atoms with Gasteiger partial charge < -0.3 is 10.2 Å². The molecule has 1 aromatic rings. The number of Topliss-reactive ketones (excluding diaryl/α,β-unsaturated/α-hetero) is 1. The third-order valence-corrected chi connectivity index (χ3v) is 4.38. The number of aromatic nitrogens is 1. The lowest BCUT2D eigenvalue weighted by atomic mass is 9.98. The second-order valence-electron chi connectivity index (χ2n) is 5.18. The highest BCUT2D eigenvalue weighted by Gasteiger charge is 2.19. The van der Waals surface area contributed by atoms with Gasteiger partial charge in [0.05, 0.1) is 11.3 Å². The Balaban J connectivity index is 1.96. The number of ketones is 1. The molecule has 0 aromatic carbocycles. The number of likely N-dealkylation sites (tertiary alicyclic amines) is 1. The first kappa shape index (κ1) is 13.5. The van der Waals surface area contributed by atoms with Gasteiger partial charge in [0.25, 0.3) is 0 Å². The Morgan fingerprint density at radius 1 is 1.61 bits per heavy atom. The number of anilines is 1. The summed E-state index contributed by atoms with van der Waals surface area (Å²) in [7, 11) is 2.17. The van der Waals surface area contributed by atoms with E-state index in [4.69, 9.17) is 0 Å². The summed E-state index contributed by atoms with van der Waals surface area (Å²) in [6, 6.07) is 0. The third kappa shape index (κ3) is 3.09. The van der Waals surface area contributed by atoms with Crippen LogP contribution in [0.2, 0.25) is 0 Å². The number of nitrogens with one attached hydrogen (secondary N) is 1. The molecule has 1 unspecified atom stereocenters. The van der Waals surface area contributed by atoms with E-state index in [-0.39, 0.29) is 5.78 Å². The fourth-order valence-electron chi connectivity index (χ4n) is 2.58. The van der Waals surface area contributed by atoms with Crippen LogP contribution >= 0.6 is 11.5 Å². The predicted octanol–water partition coefficient (Wildman–Crippen LogP) is 2.41. The summed E-state index contributed by atoms with van der Waals surface area (Å²) in [5, 5.41) is 4.35. The minimum Gasteiger partial charge on any atom is -0.375 e. The van der Waals surface area contributed by atoms with Crippen molar-refractivity contribution in [1.29, 1.82) is 0 Å². The summed E-state index contributed by atoms with van der Waals surface area (Å²) >= 11 is 1.40. The van der Waals surface area contributed by atoms with E-state index in [1.807, 2.05) is 6.92 Å². The molecule has 2 heterocycles. The van der Waals surface area contributed by atoms with E-state index >= 15 is 0 Å². The van der Waals surface area contributed by atoms with Gasteiger partial charge in [-0.15, -0.1) is 0 Å². The zero-order valence-corrected chi connectivity index (χ0v) is 12.1. The van der Waals surface area contributed by atoms with Crippen LogP contribution in [0.5, 0.6) is 0 Å². The van der Waals surface area contributed by atoms with Gasteiger partial charge in [0, 0.05) is 13.1 Å². The van der Waals surface area contributed by atoms with Crippen molar-refractivity contribution in [3.63, 3.8) is 0 Å². The van der Waals surface area contributed by atoms with Gasteiger partial charge >= 0.3 is 0 Å². The van der Waals surface area contributed by atoms with Gasteiger partial charge in [-0.2, -0.15) is 4.37 Å². The number of nitrogens with zero attached hydrogens (tertiary/aromatic N) is 2. The average Bonchev–Trinajstić information content (AvgIpc) is 2.68. The van der Waals surface area contributed by atoms with Crippen LogP contribution in [0.1, 0.15) is 35.8 Å². The highest BCUT2D eigenvalue weighted by molar-refractivity contribution is 7.10. The highest BCUT2D eigenvalue weighted by Crippen LogP contribution is 2.26. The molecular formula is C13H21N3OS. The Morgan fingerprint density at radius 3 is 3.06 bits per heavy atom. The molecule has 0 amide bonds. The summed E-state index contributed by atoms with van der Waals surface area (Å²) in [5.41, 5.74) is 1.61. The van der Waals surface area contributed by atoms with Gasteiger partial charge in [-0.25, -0.2) is 0 Å². The molecule has 100 valence electrons. The molecule has 0 saturated carbocycles. The van der Waals surface area contributed by atoms with Crippen molar-refractivity contribution in [3.8, 4) is 0 Å². The molecule has 1 atom stereocenters. The van der Waals surface area contributed by atoms with Crippen molar-refractivity contribution >= 4 is 22.3 Å². The van der Waals surface area contributed by atoms with Gasteiger partial charge in [-0.3, -0.25) is 4.79 Å². The molecule has 0 spiro atoms. The maximum Gasteiger partial charge on any atom is 0.164 e. The number of carbonyl (C=O) groups excluding carboxylic acids is 1. The predicted molar refractivity (Wildman–Crippen MR) is 75.6 cm³/mol. The molecule has 1 N–H and O–H groups in total. The standard InChI is InChI=1S/C13H21N3OS/c1-9-12(10(2)17)13(18-15-9)14-7-11-5-4-6-16(3)8-11/h11,14H,4-8H2,1-3H3. The summed E-state index contributed by atoms with van der Waals surface area (Å²) in [6.45, 7) is 6.78. The van der Waals surface area contributed by atoms with E-state index in [0.717, 1.165) is 29.3 Å². The van der Waals surface area contributed by atoms with Crippen molar-refractivity contribution in [2.45, 2.75) is 26.7 Å². The molecule has 1 aliphatic rings. The Hall–Kier alpha value is -0.940. The lowest BCUT2D eigenvalue weighted by Crippen LogP contribution is -2.35. The van der Waals surface area contributed by atoms with Crippen molar-refractivity contribution < 1.29 is 4.79 Å².